The lowest BCUT2D eigenvalue weighted by atomic mass is 10.1. The minimum Gasteiger partial charge on any atom is -0.486 e. The van der Waals surface area contributed by atoms with Crippen LogP contribution in [0.5, 0.6) is 11.5 Å². The average Bonchev–Trinajstić information content (AvgIpc) is 2.77. The fraction of sp³-hybridized carbons (Fsp3) is 0.364. The third-order valence-electron chi connectivity index (χ3n) is 4.79. The number of carbonyl (C=O) groups is 2. The van der Waals surface area contributed by atoms with E-state index < -0.39 is 40.5 Å². The number of aryl methyl sites for hydroxylation is 1. The second-order valence-corrected chi connectivity index (χ2v) is 9.33. The number of amides is 1. The first-order chi connectivity index (χ1) is 15.2. The van der Waals surface area contributed by atoms with E-state index in [2.05, 4.69) is 10.0 Å². The van der Waals surface area contributed by atoms with Gasteiger partial charge >= 0.3 is 5.97 Å². The average molecular weight is 463 g/mol. The molecular formula is C22H26N2O7S. The highest BCUT2D eigenvalue weighted by atomic mass is 32.2. The summed E-state index contributed by atoms with van der Waals surface area (Å²) in [5, 5.41) is 2.66. The molecule has 2 aromatic carbocycles. The molecule has 10 heteroatoms. The molecule has 2 N–H and O–H groups in total. The van der Waals surface area contributed by atoms with Crippen LogP contribution in [0.15, 0.2) is 47.4 Å². The van der Waals surface area contributed by atoms with E-state index in [4.69, 9.17) is 14.2 Å². The number of carbonyl (C=O) groups excluding carboxylic acids is 2. The summed E-state index contributed by atoms with van der Waals surface area (Å²) in [5.74, 6) is -1.02. The third kappa shape index (κ3) is 5.77. The van der Waals surface area contributed by atoms with Crippen LogP contribution < -0.4 is 19.5 Å². The van der Waals surface area contributed by atoms with Gasteiger partial charge < -0.3 is 19.5 Å². The predicted molar refractivity (Wildman–Crippen MR) is 117 cm³/mol. The maximum absolute atomic E-state index is 12.9. The minimum absolute atomic E-state index is 0.0718. The van der Waals surface area contributed by atoms with Gasteiger partial charge in [0.25, 0.3) is 5.91 Å². The maximum Gasteiger partial charge on any atom is 0.324 e. The number of hydrogen-bond acceptors (Lipinski definition) is 7. The smallest absolute Gasteiger partial charge is 0.324 e. The van der Waals surface area contributed by atoms with Crippen LogP contribution in [0.1, 0.15) is 19.4 Å². The summed E-state index contributed by atoms with van der Waals surface area (Å²) >= 11 is 0. The molecule has 1 amide bonds. The van der Waals surface area contributed by atoms with E-state index in [-0.39, 0.29) is 4.90 Å². The lowest BCUT2D eigenvalue weighted by Crippen LogP contribution is -2.45. The number of ether oxygens (including phenoxy) is 3. The molecule has 9 nitrogen and oxygen atoms in total. The molecule has 3 rings (SSSR count). The van der Waals surface area contributed by atoms with Crippen molar-refractivity contribution in [2.45, 2.75) is 31.7 Å². The molecule has 0 saturated carbocycles. The van der Waals surface area contributed by atoms with Gasteiger partial charge in [-0.05, 0) is 36.6 Å². The lowest BCUT2D eigenvalue weighted by molar-refractivity contribution is -0.150. The Balaban J connectivity index is 1.64. The molecule has 1 aliphatic rings. The highest BCUT2D eigenvalue weighted by Gasteiger charge is 2.31. The second-order valence-electron chi connectivity index (χ2n) is 7.62. The summed E-state index contributed by atoms with van der Waals surface area (Å²) < 4.78 is 44.0. The molecule has 0 radical (unpaired) electrons. The van der Waals surface area contributed by atoms with E-state index in [1.165, 1.54) is 18.2 Å². The molecule has 0 bridgehead atoms. The Labute approximate surface area is 187 Å². The van der Waals surface area contributed by atoms with Crippen LogP contribution in [0.25, 0.3) is 0 Å². The standard InChI is InChI=1S/C22H26N2O7S/c1-14(2)21(22(26)31-13-20(25)23-17-7-5-4-6-15(17)3)24-32(27,28)16-8-9-18-19(12-16)30-11-10-29-18/h4-9,12,14,21,24H,10-11,13H2,1-3H3,(H,23,25)/t21-/m1/s1. The summed E-state index contributed by atoms with van der Waals surface area (Å²) in [6, 6.07) is 10.2. The molecule has 1 heterocycles. The quantitative estimate of drug-likeness (QED) is 0.577. The SMILES string of the molecule is Cc1ccccc1NC(=O)COC(=O)[C@H](NS(=O)(=O)c1ccc2c(c1)OCCO2)C(C)C. The monoisotopic (exact) mass is 462 g/mol. The Morgan fingerprint density at radius 2 is 1.75 bits per heavy atom. The van der Waals surface area contributed by atoms with E-state index in [1.54, 1.807) is 26.0 Å². The first kappa shape index (κ1) is 23.6. The van der Waals surface area contributed by atoms with Gasteiger partial charge in [0.05, 0.1) is 4.90 Å². The number of sulfonamides is 1. The van der Waals surface area contributed by atoms with Crippen molar-refractivity contribution in [3.05, 3.63) is 48.0 Å². The van der Waals surface area contributed by atoms with Crippen LogP contribution in [-0.4, -0.2) is 46.2 Å². The van der Waals surface area contributed by atoms with Crippen molar-refractivity contribution in [2.75, 3.05) is 25.1 Å². The number of rotatable bonds is 8. The highest BCUT2D eigenvalue weighted by molar-refractivity contribution is 7.89. The number of nitrogens with one attached hydrogen (secondary N) is 2. The molecule has 1 atom stereocenters. The van der Waals surface area contributed by atoms with Crippen LogP contribution in [0.4, 0.5) is 5.69 Å². The molecular weight excluding hydrogens is 436 g/mol. The predicted octanol–water partition coefficient (Wildman–Crippen LogP) is 2.25. The van der Waals surface area contributed by atoms with Crippen LogP contribution >= 0.6 is 0 Å². The van der Waals surface area contributed by atoms with Gasteiger partial charge in [-0.3, -0.25) is 9.59 Å². The fourth-order valence-electron chi connectivity index (χ4n) is 3.01. The zero-order valence-corrected chi connectivity index (χ0v) is 18.9. The number of esters is 1. The van der Waals surface area contributed by atoms with Crippen molar-refractivity contribution in [3.8, 4) is 11.5 Å². The van der Waals surface area contributed by atoms with Crippen molar-refractivity contribution in [2.24, 2.45) is 5.92 Å². The van der Waals surface area contributed by atoms with Crippen LogP contribution in [-0.2, 0) is 24.3 Å². The van der Waals surface area contributed by atoms with Gasteiger partial charge in [-0.1, -0.05) is 32.0 Å². The molecule has 0 aliphatic carbocycles. The highest BCUT2D eigenvalue weighted by Crippen LogP contribution is 2.32. The van der Waals surface area contributed by atoms with Crippen molar-refractivity contribution in [3.63, 3.8) is 0 Å². The lowest BCUT2D eigenvalue weighted by Gasteiger charge is -2.22. The molecule has 0 aromatic heterocycles. The summed E-state index contributed by atoms with van der Waals surface area (Å²) in [5.41, 5.74) is 1.47. The van der Waals surface area contributed by atoms with E-state index in [1.807, 2.05) is 19.1 Å². The molecule has 0 fully saturated rings. The Kier molecular flexibility index (Phi) is 7.37. The van der Waals surface area contributed by atoms with Crippen molar-refractivity contribution < 1.29 is 32.2 Å². The van der Waals surface area contributed by atoms with Crippen LogP contribution in [0.3, 0.4) is 0 Å². The number of benzene rings is 2. The maximum atomic E-state index is 12.9. The van der Waals surface area contributed by atoms with Gasteiger partial charge in [-0.15, -0.1) is 0 Å². The Bertz CT molecular complexity index is 1100. The Hall–Kier alpha value is -3.11. The van der Waals surface area contributed by atoms with E-state index in [0.717, 1.165) is 5.56 Å². The first-order valence-corrected chi connectivity index (χ1v) is 11.6. The number of hydrogen-bond donors (Lipinski definition) is 2. The second kappa shape index (κ2) is 10.0. The topological polar surface area (TPSA) is 120 Å². The normalized spacial score (nSPS) is 14.0. The molecule has 2 aromatic rings. The van der Waals surface area contributed by atoms with E-state index >= 15 is 0 Å². The molecule has 0 spiro atoms. The van der Waals surface area contributed by atoms with Crippen molar-refractivity contribution >= 4 is 27.6 Å². The zero-order chi connectivity index (χ0) is 23.3. The zero-order valence-electron chi connectivity index (χ0n) is 18.1. The summed E-state index contributed by atoms with van der Waals surface area (Å²) in [6.07, 6.45) is 0. The van der Waals surface area contributed by atoms with Gasteiger partial charge in [-0.25, -0.2) is 8.42 Å². The summed E-state index contributed by atoms with van der Waals surface area (Å²) in [4.78, 5) is 24.7. The molecule has 0 unspecified atom stereocenters. The third-order valence-corrected chi connectivity index (χ3v) is 6.23. The fourth-order valence-corrected chi connectivity index (χ4v) is 4.36. The molecule has 0 saturated heterocycles. The van der Waals surface area contributed by atoms with Gasteiger partial charge in [0.15, 0.2) is 18.1 Å². The number of para-hydroxylation sites is 1. The van der Waals surface area contributed by atoms with Gasteiger partial charge in [0.1, 0.15) is 19.3 Å². The van der Waals surface area contributed by atoms with Gasteiger partial charge in [0.2, 0.25) is 10.0 Å². The molecule has 172 valence electrons. The van der Waals surface area contributed by atoms with Gasteiger partial charge in [-0.2, -0.15) is 4.72 Å². The first-order valence-electron chi connectivity index (χ1n) is 10.1. The number of anilines is 1. The molecule has 1 aliphatic heterocycles. The van der Waals surface area contributed by atoms with Gasteiger partial charge in [0, 0.05) is 11.8 Å². The molecule has 32 heavy (non-hydrogen) atoms. The largest absolute Gasteiger partial charge is 0.486 e. The Morgan fingerprint density at radius 1 is 1.06 bits per heavy atom. The van der Waals surface area contributed by atoms with Crippen molar-refractivity contribution in [1.82, 2.24) is 4.72 Å². The minimum atomic E-state index is -4.06. The van der Waals surface area contributed by atoms with Crippen LogP contribution in [0.2, 0.25) is 0 Å². The van der Waals surface area contributed by atoms with Crippen LogP contribution in [0, 0.1) is 12.8 Å². The van der Waals surface area contributed by atoms with Crippen molar-refractivity contribution in [1.29, 1.82) is 0 Å². The number of fused-ring (bicyclic) bond motifs is 1. The summed E-state index contributed by atoms with van der Waals surface area (Å²) in [7, 11) is -4.06. The summed E-state index contributed by atoms with van der Waals surface area (Å²) in [6.45, 7) is 5.34. The van der Waals surface area contributed by atoms with E-state index in [9.17, 15) is 18.0 Å². The van der Waals surface area contributed by atoms with E-state index in [0.29, 0.717) is 30.4 Å². The Morgan fingerprint density at radius 3 is 2.44 bits per heavy atom.